The molecule has 6 heteroatoms. The number of nitrogens with zero attached hydrogens (tertiary/aromatic N) is 1. The van der Waals surface area contributed by atoms with E-state index in [4.69, 9.17) is 23.2 Å². The van der Waals surface area contributed by atoms with Crippen LogP contribution in [0, 0.1) is 6.92 Å². The number of hydrazone groups is 1. The zero-order valence-corrected chi connectivity index (χ0v) is 12.3. The molecule has 0 atom stereocenters. The van der Waals surface area contributed by atoms with Crippen molar-refractivity contribution in [3.05, 3.63) is 55.7 Å². The molecule has 1 aromatic carbocycles. The summed E-state index contributed by atoms with van der Waals surface area (Å²) < 4.78 is 0. The molecule has 0 aliphatic carbocycles. The Morgan fingerprint density at radius 3 is 2.68 bits per heavy atom. The number of carbonyl (C=O) groups is 1. The minimum absolute atomic E-state index is 0.330. The Kier molecular flexibility index (Phi) is 4.58. The average Bonchev–Trinajstić information content (AvgIpc) is 2.78. The topological polar surface area (TPSA) is 41.5 Å². The van der Waals surface area contributed by atoms with Gasteiger partial charge in [-0.15, -0.1) is 11.3 Å². The van der Waals surface area contributed by atoms with Gasteiger partial charge in [-0.3, -0.25) is 4.79 Å². The molecule has 0 aliphatic heterocycles. The second kappa shape index (κ2) is 6.19. The van der Waals surface area contributed by atoms with Crippen LogP contribution in [0.2, 0.25) is 10.0 Å². The number of aryl methyl sites for hydroxylation is 1. The fourth-order valence-corrected chi connectivity index (χ4v) is 2.43. The van der Waals surface area contributed by atoms with E-state index < -0.39 is 0 Å². The standard InChI is InChI=1S/C13H10Cl2N2OS/c1-8-2-4-10(19-8)7-16-17-13(18)9-3-5-11(14)12(15)6-9/h2-7H,1H3,(H,17,18)/b16-7-. The van der Waals surface area contributed by atoms with E-state index in [1.165, 1.54) is 10.9 Å². The van der Waals surface area contributed by atoms with Gasteiger partial charge in [-0.05, 0) is 37.3 Å². The summed E-state index contributed by atoms with van der Waals surface area (Å²) in [6.07, 6.45) is 1.60. The molecule has 1 aromatic heterocycles. The third-order valence-electron chi connectivity index (χ3n) is 2.30. The number of carbonyl (C=O) groups excluding carboxylic acids is 1. The minimum Gasteiger partial charge on any atom is -0.267 e. The van der Waals surface area contributed by atoms with Crippen LogP contribution < -0.4 is 5.43 Å². The van der Waals surface area contributed by atoms with Crippen LogP contribution in [0.15, 0.2) is 35.4 Å². The molecular weight excluding hydrogens is 303 g/mol. The fraction of sp³-hybridized carbons (Fsp3) is 0.0769. The monoisotopic (exact) mass is 312 g/mol. The van der Waals surface area contributed by atoms with Crippen molar-refractivity contribution in [2.75, 3.05) is 0 Å². The van der Waals surface area contributed by atoms with E-state index in [-0.39, 0.29) is 5.91 Å². The van der Waals surface area contributed by atoms with Gasteiger partial charge in [0, 0.05) is 15.3 Å². The summed E-state index contributed by atoms with van der Waals surface area (Å²) in [4.78, 5) is 14.0. The Labute approximate surface area is 124 Å². The predicted molar refractivity (Wildman–Crippen MR) is 80.6 cm³/mol. The van der Waals surface area contributed by atoms with E-state index >= 15 is 0 Å². The normalized spacial score (nSPS) is 10.9. The van der Waals surface area contributed by atoms with Crippen LogP contribution in [0.1, 0.15) is 20.1 Å². The quantitative estimate of drug-likeness (QED) is 0.672. The molecule has 98 valence electrons. The molecule has 0 aliphatic rings. The van der Waals surface area contributed by atoms with E-state index in [0.717, 1.165) is 4.88 Å². The lowest BCUT2D eigenvalue weighted by atomic mass is 10.2. The number of benzene rings is 1. The van der Waals surface area contributed by atoms with Gasteiger partial charge < -0.3 is 0 Å². The molecule has 0 fully saturated rings. The third kappa shape index (κ3) is 3.80. The lowest BCUT2D eigenvalue weighted by Gasteiger charge is -2.01. The highest BCUT2D eigenvalue weighted by molar-refractivity contribution is 7.13. The van der Waals surface area contributed by atoms with Gasteiger partial charge in [0.25, 0.3) is 5.91 Å². The van der Waals surface area contributed by atoms with Gasteiger partial charge in [-0.2, -0.15) is 5.10 Å². The van der Waals surface area contributed by atoms with Crippen LogP contribution >= 0.6 is 34.5 Å². The number of rotatable bonds is 3. The van der Waals surface area contributed by atoms with Gasteiger partial charge in [-0.1, -0.05) is 23.2 Å². The number of amides is 1. The molecule has 0 unspecified atom stereocenters. The van der Waals surface area contributed by atoms with Gasteiger partial charge in [0.05, 0.1) is 16.3 Å². The molecule has 3 nitrogen and oxygen atoms in total. The summed E-state index contributed by atoms with van der Waals surface area (Å²) in [7, 11) is 0. The van der Waals surface area contributed by atoms with Crippen LogP contribution in [-0.2, 0) is 0 Å². The number of nitrogens with one attached hydrogen (secondary N) is 1. The zero-order chi connectivity index (χ0) is 13.8. The van der Waals surface area contributed by atoms with E-state index in [0.29, 0.717) is 15.6 Å². The average molecular weight is 313 g/mol. The van der Waals surface area contributed by atoms with Crippen molar-refractivity contribution in [3.8, 4) is 0 Å². The first-order chi connectivity index (χ1) is 9.06. The van der Waals surface area contributed by atoms with Crippen LogP contribution in [0.25, 0.3) is 0 Å². The first kappa shape index (κ1) is 14.1. The van der Waals surface area contributed by atoms with Crippen LogP contribution in [0.3, 0.4) is 0 Å². The summed E-state index contributed by atoms with van der Waals surface area (Å²) >= 11 is 13.2. The molecule has 0 radical (unpaired) electrons. The van der Waals surface area contributed by atoms with E-state index in [1.54, 1.807) is 29.7 Å². The number of thiophene rings is 1. The molecule has 0 saturated carbocycles. The van der Waals surface area contributed by atoms with Crippen molar-refractivity contribution in [1.29, 1.82) is 0 Å². The smallest absolute Gasteiger partial charge is 0.267 e. The van der Waals surface area contributed by atoms with Crippen LogP contribution in [0.4, 0.5) is 0 Å². The van der Waals surface area contributed by atoms with Gasteiger partial charge in [0.2, 0.25) is 0 Å². The first-order valence-corrected chi connectivity index (χ1v) is 6.98. The molecule has 1 heterocycles. The van der Waals surface area contributed by atoms with Gasteiger partial charge in [-0.25, -0.2) is 5.43 Å². The number of halogens is 2. The van der Waals surface area contributed by atoms with Gasteiger partial charge >= 0.3 is 0 Å². The maximum absolute atomic E-state index is 11.8. The second-order valence-corrected chi connectivity index (χ2v) is 5.91. The van der Waals surface area contributed by atoms with Crippen molar-refractivity contribution in [2.24, 2.45) is 5.10 Å². The van der Waals surface area contributed by atoms with Crippen molar-refractivity contribution >= 4 is 46.7 Å². The largest absolute Gasteiger partial charge is 0.271 e. The molecule has 1 N–H and O–H groups in total. The Morgan fingerprint density at radius 1 is 1.26 bits per heavy atom. The molecule has 0 spiro atoms. The van der Waals surface area contributed by atoms with E-state index in [1.807, 2.05) is 19.1 Å². The van der Waals surface area contributed by atoms with Crippen molar-refractivity contribution in [1.82, 2.24) is 5.43 Å². The van der Waals surface area contributed by atoms with E-state index in [9.17, 15) is 4.79 Å². The highest BCUT2D eigenvalue weighted by atomic mass is 35.5. The number of hydrogen-bond donors (Lipinski definition) is 1. The fourth-order valence-electron chi connectivity index (χ4n) is 1.38. The number of hydrogen-bond acceptors (Lipinski definition) is 3. The van der Waals surface area contributed by atoms with E-state index in [2.05, 4.69) is 10.5 Å². The maximum Gasteiger partial charge on any atom is 0.271 e. The van der Waals surface area contributed by atoms with Crippen molar-refractivity contribution in [2.45, 2.75) is 6.92 Å². The summed E-state index contributed by atoms with van der Waals surface area (Å²) in [5.41, 5.74) is 2.85. The lowest BCUT2D eigenvalue weighted by molar-refractivity contribution is 0.0955. The summed E-state index contributed by atoms with van der Waals surface area (Å²) in [6, 6.07) is 8.60. The van der Waals surface area contributed by atoms with Crippen LogP contribution in [-0.4, -0.2) is 12.1 Å². The van der Waals surface area contributed by atoms with Gasteiger partial charge in [0.1, 0.15) is 0 Å². The molecular formula is C13H10Cl2N2OS. The Bertz CT molecular complexity index is 637. The first-order valence-electron chi connectivity index (χ1n) is 5.41. The molecule has 0 bridgehead atoms. The lowest BCUT2D eigenvalue weighted by Crippen LogP contribution is -2.17. The third-order valence-corrected chi connectivity index (χ3v) is 3.98. The van der Waals surface area contributed by atoms with Gasteiger partial charge in [0.15, 0.2) is 0 Å². The van der Waals surface area contributed by atoms with Crippen molar-refractivity contribution < 1.29 is 4.79 Å². The molecule has 19 heavy (non-hydrogen) atoms. The minimum atomic E-state index is -0.330. The summed E-state index contributed by atoms with van der Waals surface area (Å²) in [5, 5.41) is 4.65. The highest BCUT2D eigenvalue weighted by Gasteiger charge is 2.06. The highest BCUT2D eigenvalue weighted by Crippen LogP contribution is 2.22. The maximum atomic E-state index is 11.8. The van der Waals surface area contributed by atoms with Crippen molar-refractivity contribution in [3.63, 3.8) is 0 Å². The second-order valence-electron chi connectivity index (χ2n) is 3.78. The summed E-state index contributed by atoms with van der Waals surface area (Å²) in [6.45, 7) is 2.01. The molecule has 2 aromatic rings. The molecule has 1 amide bonds. The Morgan fingerprint density at radius 2 is 2.05 bits per heavy atom. The molecule has 2 rings (SSSR count). The predicted octanol–water partition coefficient (Wildman–Crippen LogP) is 4.13. The Hall–Kier alpha value is -1.36. The Balaban J connectivity index is 2.01. The zero-order valence-electron chi connectivity index (χ0n) is 9.98. The SMILES string of the molecule is Cc1ccc(/C=N\NC(=O)c2ccc(Cl)c(Cl)c2)s1. The summed E-state index contributed by atoms with van der Waals surface area (Å²) in [5.74, 6) is -0.330. The molecule has 0 saturated heterocycles. The van der Waals surface area contributed by atoms with Crippen LogP contribution in [0.5, 0.6) is 0 Å².